The van der Waals surface area contributed by atoms with E-state index in [0.717, 1.165) is 20.6 Å². The number of quaternary nitrogens is 1. The maximum absolute atomic E-state index is 13.0. The van der Waals surface area contributed by atoms with E-state index in [-0.39, 0.29) is 24.5 Å². The van der Waals surface area contributed by atoms with E-state index in [0.29, 0.717) is 16.6 Å². The summed E-state index contributed by atoms with van der Waals surface area (Å²) in [7, 11) is 3.15. The average Bonchev–Trinajstić information content (AvgIpc) is 2.72. The van der Waals surface area contributed by atoms with Gasteiger partial charge in [-0.2, -0.15) is 0 Å². The number of halogens is 2. The second-order valence-corrected chi connectivity index (χ2v) is 8.29. The Morgan fingerprint density at radius 3 is 2.42 bits per heavy atom. The third-order valence-corrected chi connectivity index (χ3v) is 5.60. The van der Waals surface area contributed by atoms with Crippen molar-refractivity contribution in [2.75, 3.05) is 19.3 Å². The minimum Gasteiger partial charge on any atom is -0.384 e. The minimum absolute atomic E-state index is 0.00192. The smallest absolute Gasteiger partial charge is 0.332 e. The highest BCUT2D eigenvalue weighted by Gasteiger charge is 2.24. The molecule has 0 aliphatic heterocycles. The van der Waals surface area contributed by atoms with E-state index in [9.17, 15) is 14.4 Å². The Kier molecular flexibility index (Phi) is 7.00. The Morgan fingerprint density at radius 2 is 1.77 bits per heavy atom. The third kappa shape index (κ3) is 5.07. The number of nitrogens with one attached hydrogen (secondary N) is 1. The fourth-order valence-electron chi connectivity index (χ4n) is 3.38. The van der Waals surface area contributed by atoms with Crippen LogP contribution in [0.25, 0.3) is 0 Å². The van der Waals surface area contributed by atoms with Crippen LogP contribution >= 0.6 is 23.2 Å². The standard InChI is InChI=1S/C22H22Cl2N4O3/c1-26(12-15-8-9-16(23)10-17(15)24)13-18(29)19-20(25)28(22(31)27(2)21(19)30)11-14-6-4-3-5-7-14/h3-10H,11-13,25H2,1-2H3/p+1. The van der Waals surface area contributed by atoms with Crippen molar-refractivity contribution in [3.63, 3.8) is 0 Å². The Balaban J connectivity index is 1.89. The van der Waals surface area contributed by atoms with Gasteiger partial charge in [0.05, 0.1) is 18.6 Å². The second-order valence-electron chi connectivity index (χ2n) is 7.45. The van der Waals surface area contributed by atoms with E-state index in [1.54, 1.807) is 18.2 Å². The predicted molar refractivity (Wildman–Crippen MR) is 122 cm³/mol. The van der Waals surface area contributed by atoms with Crippen LogP contribution in [-0.2, 0) is 20.1 Å². The molecule has 3 aromatic rings. The number of hydrogen-bond donors (Lipinski definition) is 2. The number of ketones is 1. The fraction of sp³-hybridized carbons (Fsp3) is 0.227. The number of rotatable bonds is 7. The summed E-state index contributed by atoms with van der Waals surface area (Å²) >= 11 is 12.1. The van der Waals surface area contributed by atoms with Crippen LogP contribution in [0, 0.1) is 0 Å². The van der Waals surface area contributed by atoms with Gasteiger partial charge in [0.15, 0.2) is 0 Å². The van der Waals surface area contributed by atoms with Crippen molar-refractivity contribution in [2.24, 2.45) is 7.05 Å². The molecule has 162 valence electrons. The van der Waals surface area contributed by atoms with E-state index in [1.165, 1.54) is 11.6 Å². The van der Waals surface area contributed by atoms with E-state index in [1.807, 2.05) is 37.4 Å². The molecule has 0 radical (unpaired) electrons. The lowest BCUT2D eigenvalue weighted by Crippen LogP contribution is -3.08. The first-order chi connectivity index (χ1) is 14.7. The second kappa shape index (κ2) is 9.51. The zero-order chi connectivity index (χ0) is 22.7. The summed E-state index contributed by atoms with van der Waals surface area (Å²) in [5.41, 5.74) is 6.35. The van der Waals surface area contributed by atoms with Crippen LogP contribution in [0.2, 0.25) is 10.0 Å². The summed E-state index contributed by atoms with van der Waals surface area (Å²) in [6.07, 6.45) is 0. The van der Waals surface area contributed by atoms with Gasteiger partial charge in [-0.25, -0.2) is 4.79 Å². The van der Waals surface area contributed by atoms with Gasteiger partial charge in [-0.1, -0.05) is 59.6 Å². The molecule has 0 aliphatic carbocycles. The maximum atomic E-state index is 13.0. The lowest BCUT2D eigenvalue weighted by molar-refractivity contribution is -0.884. The number of aromatic nitrogens is 2. The lowest BCUT2D eigenvalue weighted by Gasteiger charge is -2.17. The zero-order valence-corrected chi connectivity index (χ0v) is 18.7. The van der Waals surface area contributed by atoms with Crippen molar-refractivity contribution >= 4 is 34.8 Å². The number of nitrogen functional groups attached to an aromatic ring is 1. The Labute approximate surface area is 189 Å². The van der Waals surface area contributed by atoms with E-state index in [4.69, 9.17) is 28.9 Å². The van der Waals surface area contributed by atoms with Crippen LogP contribution in [0.5, 0.6) is 0 Å². The molecule has 1 aromatic heterocycles. The number of benzene rings is 2. The van der Waals surface area contributed by atoms with Gasteiger partial charge in [0, 0.05) is 17.6 Å². The average molecular weight is 462 g/mol. The van der Waals surface area contributed by atoms with Gasteiger partial charge < -0.3 is 10.6 Å². The van der Waals surface area contributed by atoms with Gasteiger partial charge in [-0.3, -0.25) is 18.7 Å². The van der Waals surface area contributed by atoms with Crippen molar-refractivity contribution in [1.29, 1.82) is 0 Å². The Hall–Kier alpha value is -2.87. The Morgan fingerprint density at radius 1 is 1.10 bits per heavy atom. The monoisotopic (exact) mass is 461 g/mol. The molecule has 0 fully saturated rings. The molecular formula is C22H23Cl2N4O3+. The van der Waals surface area contributed by atoms with Gasteiger partial charge in [0.1, 0.15) is 24.5 Å². The van der Waals surface area contributed by atoms with Crippen LogP contribution < -0.4 is 21.9 Å². The summed E-state index contributed by atoms with van der Waals surface area (Å²) in [6.45, 7) is 0.608. The number of anilines is 1. The van der Waals surface area contributed by atoms with Crippen LogP contribution in [0.4, 0.5) is 5.82 Å². The number of likely N-dealkylation sites (N-methyl/N-ethyl adjacent to an activating group) is 1. The lowest BCUT2D eigenvalue weighted by atomic mass is 10.1. The van der Waals surface area contributed by atoms with Crippen molar-refractivity contribution < 1.29 is 9.69 Å². The Bertz CT molecular complexity index is 1240. The third-order valence-electron chi connectivity index (χ3n) is 5.02. The minimum atomic E-state index is -0.700. The molecule has 3 rings (SSSR count). The summed E-state index contributed by atoms with van der Waals surface area (Å²) in [4.78, 5) is 39.1. The highest BCUT2D eigenvalue weighted by Crippen LogP contribution is 2.20. The maximum Gasteiger partial charge on any atom is 0.332 e. The van der Waals surface area contributed by atoms with Crippen molar-refractivity contribution in [1.82, 2.24) is 9.13 Å². The molecule has 0 spiro atoms. The molecule has 1 unspecified atom stereocenters. The van der Waals surface area contributed by atoms with Crippen LogP contribution in [0.3, 0.4) is 0 Å². The molecule has 1 atom stereocenters. The number of hydrogen-bond acceptors (Lipinski definition) is 4. The van der Waals surface area contributed by atoms with Gasteiger partial charge in [-0.05, 0) is 17.7 Å². The molecule has 9 heteroatoms. The SMILES string of the molecule is Cn1c(=O)c(C(=O)C[NH+](C)Cc2ccc(Cl)cc2Cl)c(N)n(Cc2ccccc2)c1=O. The molecule has 2 aromatic carbocycles. The molecular weight excluding hydrogens is 439 g/mol. The van der Waals surface area contributed by atoms with Crippen LogP contribution in [-0.4, -0.2) is 28.5 Å². The summed E-state index contributed by atoms with van der Waals surface area (Å²) in [6, 6.07) is 14.4. The van der Waals surface area contributed by atoms with E-state index in [2.05, 4.69) is 0 Å². The van der Waals surface area contributed by atoms with Crippen molar-refractivity contribution in [2.45, 2.75) is 13.1 Å². The van der Waals surface area contributed by atoms with Crippen molar-refractivity contribution in [3.05, 3.63) is 96.1 Å². The van der Waals surface area contributed by atoms with E-state index >= 15 is 0 Å². The zero-order valence-electron chi connectivity index (χ0n) is 17.2. The van der Waals surface area contributed by atoms with Gasteiger partial charge in [0.2, 0.25) is 5.78 Å². The summed E-state index contributed by atoms with van der Waals surface area (Å²) in [5, 5.41) is 1.03. The summed E-state index contributed by atoms with van der Waals surface area (Å²) < 4.78 is 2.16. The number of carbonyl (C=O) groups is 1. The molecule has 0 aliphatic rings. The van der Waals surface area contributed by atoms with E-state index < -0.39 is 17.0 Å². The topological polar surface area (TPSA) is 91.5 Å². The van der Waals surface area contributed by atoms with Gasteiger partial charge >= 0.3 is 5.69 Å². The number of nitrogens with zero attached hydrogens (tertiary/aromatic N) is 2. The highest BCUT2D eigenvalue weighted by molar-refractivity contribution is 6.35. The quantitative estimate of drug-likeness (QED) is 0.520. The molecule has 3 N–H and O–H groups in total. The number of Topliss-reactive ketones (excluding diaryl/α,β-unsaturated/α-hetero) is 1. The molecule has 31 heavy (non-hydrogen) atoms. The molecule has 0 saturated heterocycles. The molecule has 0 amide bonds. The normalized spacial score (nSPS) is 12.0. The van der Waals surface area contributed by atoms with Gasteiger partial charge in [-0.15, -0.1) is 0 Å². The molecule has 0 bridgehead atoms. The molecule has 0 saturated carbocycles. The van der Waals surface area contributed by atoms with Crippen molar-refractivity contribution in [3.8, 4) is 0 Å². The van der Waals surface area contributed by atoms with Crippen LogP contribution in [0.1, 0.15) is 21.5 Å². The largest absolute Gasteiger partial charge is 0.384 e. The first kappa shape index (κ1) is 22.8. The van der Waals surface area contributed by atoms with Gasteiger partial charge in [0.25, 0.3) is 5.56 Å². The number of nitrogens with two attached hydrogens (primary N) is 1. The molecule has 1 heterocycles. The first-order valence-electron chi connectivity index (χ1n) is 9.60. The fourth-order valence-corrected chi connectivity index (χ4v) is 3.85. The molecule has 7 nitrogen and oxygen atoms in total. The van der Waals surface area contributed by atoms with Crippen LogP contribution in [0.15, 0.2) is 58.1 Å². The first-order valence-corrected chi connectivity index (χ1v) is 10.4. The number of carbonyl (C=O) groups excluding carboxylic acids is 1. The summed E-state index contributed by atoms with van der Waals surface area (Å²) in [5.74, 6) is -0.568. The highest BCUT2D eigenvalue weighted by atomic mass is 35.5. The predicted octanol–water partition coefficient (Wildman–Crippen LogP) is 1.38.